The first-order chi connectivity index (χ1) is 14.9. The molecule has 4 aliphatic carbocycles. The fraction of sp³-hybridized carbons (Fsp3) is 0.931. The van der Waals surface area contributed by atoms with Gasteiger partial charge < -0.3 is 15.3 Å². The molecule has 0 radical (unpaired) electrons. The van der Waals surface area contributed by atoms with Crippen molar-refractivity contribution in [3.05, 3.63) is 12.2 Å². The summed E-state index contributed by atoms with van der Waals surface area (Å²) >= 11 is 0. The number of allylic oxidation sites excluding steroid dienone is 2. The Labute approximate surface area is 197 Å². The fourth-order valence-corrected chi connectivity index (χ4v) is 9.55. The molecule has 32 heavy (non-hydrogen) atoms. The van der Waals surface area contributed by atoms with Crippen molar-refractivity contribution < 1.29 is 15.3 Å². The third kappa shape index (κ3) is 3.55. The van der Waals surface area contributed by atoms with Gasteiger partial charge in [-0.15, -0.1) is 0 Å². The standard InChI is InChI=1S/C29H50O3/c1-17(2)18(3)8-9-19(4)21-10-11-25-28(21,7)16-24(31)26-27(6)14-13-23(30)20(5)22(27)12-15-29(25,26)32/h8-9,17-26,30-32H,10-16H2,1-7H3. The molecule has 0 bridgehead atoms. The molecule has 4 saturated carbocycles. The zero-order valence-corrected chi connectivity index (χ0v) is 21.7. The Morgan fingerprint density at radius 1 is 0.844 bits per heavy atom. The van der Waals surface area contributed by atoms with Gasteiger partial charge in [0.25, 0.3) is 0 Å². The van der Waals surface area contributed by atoms with Gasteiger partial charge in [0.2, 0.25) is 0 Å². The molecule has 0 aromatic heterocycles. The van der Waals surface area contributed by atoms with Crippen molar-refractivity contribution in [3.8, 4) is 0 Å². The average Bonchev–Trinajstić information content (AvgIpc) is 3.06. The van der Waals surface area contributed by atoms with Crippen LogP contribution in [0.1, 0.15) is 93.4 Å². The number of rotatable bonds is 4. The van der Waals surface area contributed by atoms with Crippen molar-refractivity contribution in [2.24, 2.45) is 58.2 Å². The second kappa shape index (κ2) is 8.38. The number of hydrogen-bond donors (Lipinski definition) is 3. The third-order valence-corrected chi connectivity index (χ3v) is 11.6. The highest BCUT2D eigenvalue weighted by Gasteiger charge is 2.70. The van der Waals surface area contributed by atoms with E-state index in [1.807, 2.05) is 0 Å². The summed E-state index contributed by atoms with van der Waals surface area (Å²) in [4.78, 5) is 0. The molecule has 4 aliphatic rings. The van der Waals surface area contributed by atoms with E-state index in [4.69, 9.17) is 0 Å². The van der Waals surface area contributed by atoms with Gasteiger partial charge in [0.05, 0.1) is 17.8 Å². The molecule has 0 heterocycles. The second-order valence-electron chi connectivity index (χ2n) is 13.4. The van der Waals surface area contributed by atoms with Crippen LogP contribution in [0, 0.1) is 58.2 Å². The lowest BCUT2D eigenvalue weighted by Gasteiger charge is -2.67. The van der Waals surface area contributed by atoms with Gasteiger partial charge in [-0.2, -0.15) is 0 Å². The topological polar surface area (TPSA) is 60.7 Å². The van der Waals surface area contributed by atoms with Gasteiger partial charge in [0.1, 0.15) is 0 Å². The minimum atomic E-state index is -0.775. The highest BCUT2D eigenvalue weighted by molar-refractivity contribution is 5.20. The first-order valence-corrected chi connectivity index (χ1v) is 13.6. The predicted molar refractivity (Wildman–Crippen MR) is 131 cm³/mol. The zero-order chi connectivity index (χ0) is 23.6. The van der Waals surface area contributed by atoms with E-state index in [1.165, 1.54) is 0 Å². The largest absolute Gasteiger partial charge is 0.393 e. The second-order valence-corrected chi connectivity index (χ2v) is 13.4. The molecule has 3 nitrogen and oxygen atoms in total. The maximum Gasteiger partial charge on any atom is 0.0739 e. The molecule has 3 N–H and O–H groups in total. The van der Waals surface area contributed by atoms with Crippen molar-refractivity contribution in [1.29, 1.82) is 0 Å². The summed E-state index contributed by atoms with van der Waals surface area (Å²) in [7, 11) is 0. The molecular weight excluding hydrogens is 396 g/mol. The molecule has 4 rings (SSSR count). The van der Waals surface area contributed by atoms with Gasteiger partial charge in [-0.3, -0.25) is 0 Å². The van der Waals surface area contributed by atoms with Crippen LogP contribution in [-0.4, -0.2) is 33.1 Å². The highest BCUT2D eigenvalue weighted by Crippen LogP contribution is 2.70. The fourth-order valence-electron chi connectivity index (χ4n) is 9.55. The van der Waals surface area contributed by atoms with Crippen LogP contribution in [0.3, 0.4) is 0 Å². The number of fused-ring (bicyclic) bond motifs is 5. The molecule has 184 valence electrons. The smallest absolute Gasteiger partial charge is 0.0739 e. The number of aliphatic hydroxyl groups is 3. The number of aliphatic hydroxyl groups excluding tert-OH is 2. The SMILES string of the molecule is CC(C)C(C)C=CC(C)C1CCC2C1(C)CC(O)C1C3(C)CCC(O)C(C)C3CCC21O. The van der Waals surface area contributed by atoms with Gasteiger partial charge in [0, 0.05) is 5.92 Å². The van der Waals surface area contributed by atoms with Crippen LogP contribution in [0.2, 0.25) is 0 Å². The Morgan fingerprint density at radius 2 is 1.53 bits per heavy atom. The van der Waals surface area contributed by atoms with E-state index >= 15 is 0 Å². The first kappa shape index (κ1) is 24.7. The minimum absolute atomic E-state index is 0.0154. The van der Waals surface area contributed by atoms with Crippen LogP contribution >= 0.6 is 0 Å². The molecule has 0 amide bonds. The van der Waals surface area contributed by atoms with Crippen molar-refractivity contribution in [3.63, 3.8) is 0 Å². The van der Waals surface area contributed by atoms with Crippen LogP contribution in [0.15, 0.2) is 12.2 Å². The van der Waals surface area contributed by atoms with E-state index in [0.717, 1.165) is 44.9 Å². The zero-order valence-electron chi connectivity index (χ0n) is 21.7. The molecular formula is C29H50O3. The van der Waals surface area contributed by atoms with Crippen molar-refractivity contribution in [2.45, 2.75) is 111 Å². The lowest BCUT2D eigenvalue weighted by atomic mass is 9.40. The summed E-state index contributed by atoms with van der Waals surface area (Å²) in [6.45, 7) is 16.1. The van der Waals surface area contributed by atoms with E-state index < -0.39 is 11.7 Å². The van der Waals surface area contributed by atoms with E-state index in [-0.39, 0.29) is 34.7 Å². The summed E-state index contributed by atoms with van der Waals surface area (Å²) in [6, 6.07) is 0. The van der Waals surface area contributed by atoms with Gasteiger partial charge in [-0.1, -0.05) is 60.6 Å². The van der Waals surface area contributed by atoms with E-state index in [2.05, 4.69) is 60.6 Å². The van der Waals surface area contributed by atoms with Crippen LogP contribution in [0.5, 0.6) is 0 Å². The maximum atomic E-state index is 12.4. The Morgan fingerprint density at radius 3 is 2.19 bits per heavy atom. The highest BCUT2D eigenvalue weighted by atomic mass is 16.3. The quantitative estimate of drug-likeness (QED) is 0.477. The lowest BCUT2D eigenvalue weighted by molar-refractivity contribution is -0.267. The summed E-state index contributed by atoms with van der Waals surface area (Å²) in [5.41, 5.74) is -0.871. The van der Waals surface area contributed by atoms with E-state index in [1.54, 1.807) is 0 Å². The molecule has 0 aliphatic heterocycles. The van der Waals surface area contributed by atoms with E-state index in [9.17, 15) is 15.3 Å². The molecule has 0 saturated heterocycles. The van der Waals surface area contributed by atoms with Gasteiger partial charge in [0.15, 0.2) is 0 Å². The normalized spacial score (nSPS) is 53.0. The van der Waals surface area contributed by atoms with Crippen molar-refractivity contribution in [2.75, 3.05) is 0 Å². The Hall–Kier alpha value is -0.380. The summed E-state index contributed by atoms with van der Waals surface area (Å²) in [5, 5.41) is 34.6. The van der Waals surface area contributed by atoms with Crippen LogP contribution in [0.25, 0.3) is 0 Å². The molecule has 0 aromatic carbocycles. The Kier molecular flexibility index (Phi) is 6.48. The van der Waals surface area contributed by atoms with Gasteiger partial charge in [-0.25, -0.2) is 0 Å². The van der Waals surface area contributed by atoms with Crippen LogP contribution < -0.4 is 0 Å². The Bertz CT molecular complexity index is 717. The third-order valence-electron chi connectivity index (χ3n) is 11.6. The average molecular weight is 447 g/mol. The summed E-state index contributed by atoms with van der Waals surface area (Å²) in [5.74, 6) is 3.06. The Balaban J connectivity index is 1.62. The monoisotopic (exact) mass is 446 g/mol. The molecule has 12 unspecified atom stereocenters. The molecule has 4 fully saturated rings. The molecule has 0 aromatic rings. The van der Waals surface area contributed by atoms with E-state index in [0.29, 0.717) is 29.6 Å². The maximum absolute atomic E-state index is 12.4. The predicted octanol–water partition coefficient (Wildman–Crippen LogP) is 5.82. The summed E-state index contributed by atoms with van der Waals surface area (Å²) < 4.78 is 0. The van der Waals surface area contributed by atoms with Gasteiger partial charge >= 0.3 is 0 Å². The molecule has 0 spiro atoms. The number of hydrogen-bond acceptors (Lipinski definition) is 3. The summed E-state index contributed by atoms with van der Waals surface area (Å²) in [6.07, 6.45) is 10.7. The van der Waals surface area contributed by atoms with Gasteiger partial charge in [-0.05, 0) is 97.2 Å². The lowest BCUT2D eigenvalue weighted by Crippen LogP contribution is -2.69. The van der Waals surface area contributed by atoms with Crippen molar-refractivity contribution >= 4 is 0 Å². The van der Waals surface area contributed by atoms with Crippen molar-refractivity contribution in [1.82, 2.24) is 0 Å². The van der Waals surface area contributed by atoms with Crippen LogP contribution in [-0.2, 0) is 0 Å². The minimum Gasteiger partial charge on any atom is -0.393 e. The molecule has 3 heteroatoms. The first-order valence-electron chi connectivity index (χ1n) is 13.6. The van der Waals surface area contributed by atoms with Crippen LogP contribution in [0.4, 0.5) is 0 Å². The molecule has 12 atom stereocenters.